The summed E-state index contributed by atoms with van der Waals surface area (Å²) in [5.74, 6) is -0.372. The van der Waals surface area contributed by atoms with Crippen molar-refractivity contribution in [3.05, 3.63) is 33.1 Å². The van der Waals surface area contributed by atoms with Crippen molar-refractivity contribution in [2.45, 2.75) is 63.0 Å². The van der Waals surface area contributed by atoms with Gasteiger partial charge in [0.2, 0.25) is 0 Å². The lowest BCUT2D eigenvalue weighted by molar-refractivity contribution is -0.0726. The highest BCUT2D eigenvalue weighted by atomic mass is 35.5. The monoisotopic (exact) mass is 399 g/mol. The van der Waals surface area contributed by atoms with Crippen molar-refractivity contribution in [2.75, 3.05) is 6.61 Å². The molecule has 9 heteroatoms. The van der Waals surface area contributed by atoms with Crippen molar-refractivity contribution in [2.24, 2.45) is 5.92 Å². The van der Waals surface area contributed by atoms with E-state index in [9.17, 15) is 14.9 Å². The number of halogens is 1. The Balaban J connectivity index is 2.32. The van der Waals surface area contributed by atoms with Gasteiger partial charge in [0.25, 0.3) is 5.56 Å². The Morgan fingerprint density at radius 3 is 2.58 bits per heavy atom. The van der Waals surface area contributed by atoms with E-state index in [0.29, 0.717) is 0 Å². The van der Waals surface area contributed by atoms with Crippen LogP contribution in [-0.2, 0) is 9.16 Å². The van der Waals surface area contributed by atoms with E-state index in [2.05, 4.69) is 44.9 Å². The van der Waals surface area contributed by atoms with Gasteiger partial charge < -0.3 is 9.16 Å². The summed E-state index contributed by atoms with van der Waals surface area (Å²) in [4.78, 5) is 25.6. The maximum atomic E-state index is 12.1. The molecule has 2 rings (SSSR count). The van der Waals surface area contributed by atoms with E-state index in [-0.39, 0.29) is 17.6 Å². The van der Waals surface area contributed by atoms with Crippen molar-refractivity contribution in [3.8, 4) is 6.07 Å². The highest BCUT2D eigenvalue weighted by Gasteiger charge is 2.55. The molecule has 1 aliphatic rings. The fourth-order valence-electron chi connectivity index (χ4n) is 2.56. The first-order chi connectivity index (χ1) is 11.8. The maximum absolute atomic E-state index is 12.1. The summed E-state index contributed by atoms with van der Waals surface area (Å²) >= 11 is 6.51. The van der Waals surface area contributed by atoms with Crippen LogP contribution >= 0.6 is 11.6 Å². The minimum absolute atomic E-state index is 0.0128. The summed E-state index contributed by atoms with van der Waals surface area (Å²) in [7, 11) is -2.10. The zero-order chi connectivity index (χ0) is 19.9. The van der Waals surface area contributed by atoms with Gasteiger partial charge in [0.1, 0.15) is 6.07 Å². The van der Waals surface area contributed by atoms with Gasteiger partial charge in [-0.05, 0) is 18.1 Å². The van der Waals surface area contributed by atoms with Crippen molar-refractivity contribution < 1.29 is 9.16 Å². The van der Waals surface area contributed by atoms with Crippen molar-refractivity contribution in [1.29, 1.82) is 5.26 Å². The molecule has 26 heavy (non-hydrogen) atoms. The SMILES string of the molecule is C[C@H]1[C@@H](Cl)C(n2ccc(=O)[nH]c2=O)O[C@]1(C#N)CO[Si](C)(C)C(C)(C)C. The Kier molecular flexibility index (Phi) is 5.60. The summed E-state index contributed by atoms with van der Waals surface area (Å²) in [6, 6.07) is 3.44. The lowest BCUT2D eigenvalue weighted by atomic mass is 9.90. The van der Waals surface area contributed by atoms with Crippen molar-refractivity contribution in [1.82, 2.24) is 9.55 Å². The zero-order valence-corrected chi connectivity index (χ0v) is 17.8. The number of alkyl halides is 1. The number of nitrogens with zero attached hydrogens (tertiary/aromatic N) is 2. The minimum Gasteiger partial charge on any atom is -0.413 e. The Bertz CT molecular complexity index is 823. The van der Waals surface area contributed by atoms with Crippen LogP contribution in [0.15, 0.2) is 21.9 Å². The number of nitriles is 1. The molecule has 0 aromatic carbocycles. The van der Waals surface area contributed by atoms with Gasteiger partial charge in [-0.25, -0.2) is 4.79 Å². The van der Waals surface area contributed by atoms with Gasteiger partial charge in [-0.2, -0.15) is 5.26 Å². The lowest BCUT2D eigenvalue weighted by Crippen LogP contribution is -2.48. The van der Waals surface area contributed by atoms with E-state index in [0.717, 1.165) is 0 Å². The first-order valence-corrected chi connectivity index (χ1v) is 11.9. The second kappa shape index (κ2) is 6.96. The van der Waals surface area contributed by atoms with Gasteiger partial charge in [0.15, 0.2) is 20.1 Å². The highest BCUT2D eigenvalue weighted by Crippen LogP contribution is 2.45. The molecule has 0 saturated carbocycles. The molecule has 4 atom stereocenters. The molecule has 1 unspecified atom stereocenters. The molecule has 1 aliphatic heterocycles. The quantitative estimate of drug-likeness (QED) is 0.619. The van der Waals surface area contributed by atoms with Crippen LogP contribution < -0.4 is 11.2 Å². The van der Waals surface area contributed by atoms with Gasteiger partial charge in [-0.3, -0.25) is 14.3 Å². The van der Waals surface area contributed by atoms with Crippen LogP contribution in [0.3, 0.4) is 0 Å². The Labute approximate surface area is 159 Å². The number of hydrogen-bond acceptors (Lipinski definition) is 5. The molecule has 0 bridgehead atoms. The Morgan fingerprint density at radius 2 is 2.08 bits per heavy atom. The molecule has 1 fully saturated rings. The van der Waals surface area contributed by atoms with Crippen molar-refractivity contribution >= 4 is 19.9 Å². The van der Waals surface area contributed by atoms with E-state index in [1.807, 2.05) is 6.92 Å². The minimum atomic E-state index is -2.10. The molecule has 1 saturated heterocycles. The second-order valence-corrected chi connectivity index (χ2v) is 13.6. The molecule has 0 amide bonds. The lowest BCUT2D eigenvalue weighted by Gasteiger charge is -2.38. The first-order valence-electron chi connectivity index (χ1n) is 8.53. The maximum Gasteiger partial charge on any atom is 0.330 e. The molecular weight excluding hydrogens is 374 g/mol. The number of nitrogens with one attached hydrogen (secondary N) is 1. The third-order valence-electron chi connectivity index (χ3n) is 5.58. The van der Waals surface area contributed by atoms with Gasteiger partial charge in [-0.15, -0.1) is 11.6 Å². The zero-order valence-electron chi connectivity index (χ0n) is 16.0. The van der Waals surface area contributed by atoms with Gasteiger partial charge >= 0.3 is 5.69 Å². The molecular formula is C17H26ClN3O4Si. The fraction of sp³-hybridized carbons (Fsp3) is 0.706. The van der Waals surface area contributed by atoms with Gasteiger partial charge in [0, 0.05) is 18.2 Å². The molecule has 0 aliphatic carbocycles. The Morgan fingerprint density at radius 1 is 1.46 bits per heavy atom. The largest absolute Gasteiger partial charge is 0.413 e. The van der Waals surface area contributed by atoms with E-state index < -0.39 is 36.8 Å². The number of ether oxygens (including phenoxy) is 1. The van der Waals surface area contributed by atoms with Crippen LogP contribution in [0.25, 0.3) is 0 Å². The van der Waals surface area contributed by atoms with Crippen LogP contribution in [0.4, 0.5) is 0 Å². The van der Waals surface area contributed by atoms with Gasteiger partial charge in [-0.1, -0.05) is 27.7 Å². The van der Waals surface area contributed by atoms with E-state index in [1.54, 1.807) is 0 Å². The van der Waals surface area contributed by atoms with E-state index >= 15 is 0 Å². The average Bonchev–Trinajstić information content (AvgIpc) is 2.78. The van der Waals surface area contributed by atoms with E-state index in [4.69, 9.17) is 20.8 Å². The summed E-state index contributed by atoms with van der Waals surface area (Å²) in [6.45, 7) is 12.4. The smallest absolute Gasteiger partial charge is 0.330 e. The molecule has 1 aromatic heterocycles. The fourth-order valence-corrected chi connectivity index (χ4v) is 3.94. The van der Waals surface area contributed by atoms with Crippen LogP contribution in [0.2, 0.25) is 18.1 Å². The predicted molar refractivity (Wildman–Crippen MR) is 102 cm³/mol. The number of aromatic amines is 1. The molecule has 2 heterocycles. The number of H-pyrrole nitrogens is 1. The second-order valence-electron chi connectivity index (χ2n) is 8.31. The van der Waals surface area contributed by atoms with Crippen molar-refractivity contribution in [3.63, 3.8) is 0 Å². The number of rotatable bonds is 4. The summed E-state index contributed by atoms with van der Waals surface area (Å²) < 4.78 is 13.4. The molecule has 0 spiro atoms. The standard InChI is InChI=1S/C17H26ClN3O4Si/c1-11-13(18)14(21-8-7-12(22)20-15(21)23)25-17(11,9-19)10-24-26(5,6)16(2,3)4/h7-8,11,13-14H,10H2,1-6H3,(H,20,22,23)/t11-,13+,14?,17+/m0/s1. The Hall–Kier alpha value is -1.40. The van der Waals surface area contributed by atoms with Gasteiger partial charge in [0.05, 0.1) is 12.0 Å². The summed E-state index contributed by atoms with van der Waals surface area (Å²) in [5.41, 5.74) is -2.39. The van der Waals surface area contributed by atoms with Crippen LogP contribution in [-0.4, -0.2) is 35.5 Å². The average molecular weight is 400 g/mol. The molecule has 1 N–H and O–H groups in total. The van der Waals surface area contributed by atoms with E-state index in [1.165, 1.54) is 16.8 Å². The highest BCUT2D eigenvalue weighted by molar-refractivity contribution is 6.74. The number of aromatic nitrogens is 2. The first kappa shape index (κ1) is 20.9. The number of hydrogen-bond donors (Lipinski definition) is 1. The molecule has 7 nitrogen and oxygen atoms in total. The predicted octanol–water partition coefficient (Wildman–Crippen LogP) is 2.59. The van der Waals surface area contributed by atoms with Crippen LogP contribution in [0.5, 0.6) is 0 Å². The molecule has 0 radical (unpaired) electrons. The summed E-state index contributed by atoms with van der Waals surface area (Å²) in [6.07, 6.45) is 0.467. The third-order valence-corrected chi connectivity index (χ3v) is 10.7. The van der Waals surface area contributed by atoms with Crippen LogP contribution in [0.1, 0.15) is 33.9 Å². The topological polar surface area (TPSA) is 97.1 Å². The molecule has 1 aromatic rings. The van der Waals surface area contributed by atoms with Crippen LogP contribution in [0, 0.1) is 17.2 Å². The normalized spacial score (nSPS) is 29.5. The third kappa shape index (κ3) is 3.67. The summed E-state index contributed by atoms with van der Waals surface area (Å²) in [5, 5.41) is 9.20. The molecule has 144 valence electrons.